The van der Waals surface area contributed by atoms with E-state index in [0.29, 0.717) is 11.3 Å². The highest BCUT2D eigenvalue weighted by Crippen LogP contribution is 2.18. The second-order valence-corrected chi connectivity index (χ2v) is 7.81. The van der Waals surface area contributed by atoms with E-state index in [9.17, 15) is 13.2 Å². The molecule has 2 aromatic rings. The summed E-state index contributed by atoms with van der Waals surface area (Å²) >= 11 is 0. The van der Waals surface area contributed by atoms with E-state index >= 15 is 0 Å². The van der Waals surface area contributed by atoms with Crippen LogP contribution in [0, 0.1) is 0 Å². The molecule has 1 N–H and O–H groups in total. The molecule has 0 saturated heterocycles. The van der Waals surface area contributed by atoms with E-state index in [-0.39, 0.29) is 17.3 Å². The Morgan fingerprint density at radius 2 is 1.68 bits per heavy atom. The Labute approximate surface area is 148 Å². The van der Waals surface area contributed by atoms with Crippen LogP contribution in [0.2, 0.25) is 0 Å². The highest BCUT2D eigenvalue weighted by Gasteiger charge is 2.21. The van der Waals surface area contributed by atoms with Crippen molar-refractivity contribution < 1.29 is 17.9 Å². The Bertz CT molecular complexity index is 820. The van der Waals surface area contributed by atoms with E-state index in [2.05, 4.69) is 5.32 Å². The summed E-state index contributed by atoms with van der Waals surface area (Å²) in [5, 5.41) is 2.72. The number of ether oxygens (including phenoxy) is 1. The standard InChI is InChI=1S/C18H22N2O4S/c1-14(24-16-10-5-4-6-11-16)18(21)19-13-15-9-7-8-12-17(15)25(22,23)20(2)3/h4-12,14H,13H2,1-3H3,(H,19,21)/t14-/m0/s1. The maximum Gasteiger partial charge on any atom is 0.261 e. The number of rotatable bonds is 7. The predicted octanol–water partition coefficient (Wildman–Crippen LogP) is 2.02. The van der Waals surface area contributed by atoms with Crippen LogP contribution >= 0.6 is 0 Å². The summed E-state index contributed by atoms with van der Waals surface area (Å²) in [7, 11) is -0.628. The number of benzene rings is 2. The molecule has 2 rings (SSSR count). The summed E-state index contributed by atoms with van der Waals surface area (Å²) < 4.78 is 31.4. The van der Waals surface area contributed by atoms with Crippen molar-refractivity contribution in [3.63, 3.8) is 0 Å². The summed E-state index contributed by atoms with van der Waals surface area (Å²) in [5.74, 6) is 0.279. The van der Waals surface area contributed by atoms with Gasteiger partial charge in [0.25, 0.3) is 5.91 Å². The van der Waals surface area contributed by atoms with Gasteiger partial charge in [0.2, 0.25) is 10.0 Å². The zero-order chi connectivity index (χ0) is 18.4. The predicted molar refractivity (Wildman–Crippen MR) is 95.7 cm³/mol. The second-order valence-electron chi connectivity index (χ2n) is 5.69. The normalized spacial score (nSPS) is 12.6. The molecule has 25 heavy (non-hydrogen) atoms. The zero-order valence-electron chi connectivity index (χ0n) is 14.5. The Hall–Kier alpha value is -2.38. The van der Waals surface area contributed by atoms with Gasteiger partial charge in [-0.2, -0.15) is 0 Å². The highest BCUT2D eigenvalue weighted by atomic mass is 32.2. The van der Waals surface area contributed by atoms with Gasteiger partial charge < -0.3 is 10.1 Å². The average Bonchev–Trinajstić information content (AvgIpc) is 2.60. The Morgan fingerprint density at radius 3 is 2.32 bits per heavy atom. The lowest BCUT2D eigenvalue weighted by Gasteiger charge is -2.17. The highest BCUT2D eigenvalue weighted by molar-refractivity contribution is 7.89. The maximum atomic E-state index is 12.4. The molecule has 0 aromatic heterocycles. The van der Waals surface area contributed by atoms with Crippen molar-refractivity contribution in [3.05, 3.63) is 60.2 Å². The third-order valence-corrected chi connectivity index (χ3v) is 5.53. The van der Waals surface area contributed by atoms with Gasteiger partial charge in [0, 0.05) is 20.6 Å². The fourth-order valence-electron chi connectivity index (χ4n) is 2.18. The van der Waals surface area contributed by atoms with Gasteiger partial charge in [0.1, 0.15) is 5.75 Å². The molecular formula is C18H22N2O4S. The molecule has 1 amide bonds. The number of nitrogens with one attached hydrogen (secondary N) is 1. The molecule has 0 radical (unpaired) electrons. The van der Waals surface area contributed by atoms with Gasteiger partial charge in [-0.3, -0.25) is 4.79 Å². The summed E-state index contributed by atoms with van der Waals surface area (Å²) in [6, 6.07) is 15.6. The molecule has 0 aliphatic rings. The van der Waals surface area contributed by atoms with Crippen molar-refractivity contribution in [1.82, 2.24) is 9.62 Å². The van der Waals surface area contributed by atoms with Gasteiger partial charge in [0.05, 0.1) is 4.90 Å². The third kappa shape index (κ3) is 4.80. The number of carbonyl (C=O) groups is 1. The van der Waals surface area contributed by atoms with Gasteiger partial charge in [0.15, 0.2) is 6.10 Å². The van der Waals surface area contributed by atoms with Crippen LogP contribution in [0.5, 0.6) is 5.75 Å². The van der Waals surface area contributed by atoms with Gasteiger partial charge >= 0.3 is 0 Å². The monoisotopic (exact) mass is 362 g/mol. The minimum atomic E-state index is -3.57. The van der Waals surface area contributed by atoms with Crippen LogP contribution in [0.4, 0.5) is 0 Å². The molecule has 0 saturated carbocycles. The molecule has 0 aliphatic heterocycles. The number of sulfonamides is 1. The molecule has 1 atom stereocenters. The second kappa shape index (κ2) is 8.13. The number of amides is 1. The lowest BCUT2D eigenvalue weighted by Crippen LogP contribution is -2.36. The number of carbonyl (C=O) groups excluding carboxylic acids is 1. The van der Waals surface area contributed by atoms with Gasteiger partial charge in [-0.15, -0.1) is 0 Å². The van der Waals surface area contributed by atoms with Crippen LogP contribution in [-0.4, -0.2) is 38.8 Å². The van der Waals surface area contributed by atoms with E-state index in [4.69, 9.17) is 4.74 Å². The Morgan fingerprint density at radius 1 is 1.08 bits per heavy atom. The molecule has 2 aromatic carbocycles. The Kier molecular flexibility index (Phi) is 6.17. The lowest BCUT2D eigenvalue weighted by atomic mass is 10.2. The smallest absolute Gasteiger partial charge is 0.261 e. The lowest BCUT2D eigenvalue weighted by molar-refractivity contribution is -0.127. The van der Waals surface area contributed by atoms with Gasteiger partial charge in [-0.25, -0.2) is 12.7 Å². The molecule has 0 spiro atoms. The van der Waals surface area contributed by atoms with Gasteiger partial charge in [-0.05, 0) is 30.7 Å². The average molecular weight is 362 g/mol. The Balaban J connectivity index is 2.05. The van der Waals surface area contributed by atoms with Crippen LogP contribution in [0.3, 0.4) is 0 Å². The molecule has 0 aliphatic carbocycles. The van der Waals surface area contributed by atoms with Crippen molar-refractivity contribution in [1.29, 1.82) is 0 Å². The summed E-state index contributed by atoms with van der Waals surface area (Å²) in [6.07, 6.45) is -0.694. The first-order valence-corrected chi connectivity index (χ1v) is 9.26. The van der Waals surface area contributed by atoms with Crippen molar-refractivity contribution in [3.8, 4) is 5.75 Å². The summed E-state index contributed by atoms with van der Waals surface area (Å²) in [5.41, 5.74) is 0.525. The van der Waals surface area contributed by atoms with Crippen molar-refractivity contribution in [2.24, 2.45) is 0 Å². The number of hydrogen-bond acceptors (Lipinski definition) is 4. The van der Waals surface area contributed by atoms with E-state index in [1.165, 1.54) is 20.2 Å². The molecular weight excluding hydrogens is 340 g/mol. The molecule has 0 bridgehead atoms. The fourth-order valence-corrected chi connectivity index (χ4v) is 3.30. The van der Waals surface area contributed by atoms with Crippen LogP contribution in [-0.2, 0) is 21.4 Å². The molecule has 6 nitrogen and oxygen atoms in total. The first-order valence-electron chi connectivity index (χ1n) is 7.82. The van der Waals surface area contributed by atoms with Gasteiger partial charge in [-0.1, -0.05) is 36.4 Å². The van der Waals surface area contributed by atoms with Crippen molar-refractivity contribution in [2.75, 3.05) is 14.1 Å². The third-order valence-electron chi connectivity index (χ3n) is 3.61. The van der Waals surface area contributed by atoms with E-state index in [0.717, 1.165) is 4.31 Å². The van der Waals surface area contributed by atoms with E-state index in [1.807, 2.05) is 18.2 Å². The zero-order valence-corrected chi connectivity index (χ0v) is 15.3. The quantitative estimate of drug-likeness (QED) is 0.818. The first-order chi connectivity index (χ1) is 11.8. The largest absolute Gasteiger partial charge is 0.481 e. The van der Waals surface area contributed by atoms with E-state index in [1.54, 1.807) is 37.3 Å². The van der Waals surface area contributed by atoms with Crippen LogP contribution in [0.1, 0.15) is 12.5 Å². The molecule has 134 valence electrons. The number of para-hydroxylation sites is 1. The number of hydrogen-bond donors (Lipinski definition) is 1. The van der Waals surface area contributed by atoms with Crippen molar-refractivity contribution in [2.45, 2.75) is 24.5 Å². The maximum absolute atomic E-state index is 12.4. The fraction of sp³-hybridized carbons (Fsp3) is 0.278. The summed E-state index contributed by atoms with van der Waals surface area (Å²) in [6.45, 7) is 1.75. The SMILES string of the molecule is C[C@H](Oc1ccccc1)C(=O)NCc1ccccc1S(=O)(=O)N(C)C. The van der Waals surface area contributed by atoms with Crippen LogP contribution in [0.25, 0.3) is 0 Å². The first kappa shape index (κ1) is 19.0. The molecule has 7 heteroatoms. The minimum Gasteiger partial charge on any atom is -0.481 e. The minimum absolute atomic E-state index is 0.102. The van der Waals surface area contributed by atoms with Crippen LogP contribution < -0.4 is 10.1 Å². The molecule has 0 unspecified atom stereocenters. The van der Waals surface area contributed by atoms with E-state index < -0.39 is 16.1 Å². The topological polar surface area (TPSA) is 75.7 Å². The summed E-state index contributed by atoms with van der Waals surface area (Å²) in [4.78, 5) is 12.4. The molecule has 0 fully saturated rings. The van der Waals surface area contributed by atoms with Crippen LogP contribution in [0.15, 0.2) is 59.5 Å². The van der Waals surface area contributed by atoms with Crippen molar-refractivity contribution >= 4 is 15.9 Å². The molecule has 0 heterocycles. The number of nitrogens with zero attached hydrogens (tertiary/aromatic N) is 1.